The maximum atomic E-state index is 3.54. The van der Waals surface area contributed by atoms with Crippen LogP contribution in [0.5, 0.6) is 0 Å². The van der Waals surface area contributed by atoms with Gasteiger partial charge >= 0.3 is 0 Å². The van der Waals surface area contributed by atoms with Gasteiger partial charge in [0.15, 0.2) is 0 Å². The lowest BCUT2D eigenvalue weighted by molar-refractivity contribution is 0.327. The molecular weight excluding hydrogens is 206 g/mol. The summed E-state index contributed by atoms with van der Waals surface area (Å²) in [5.74, 6) is 0.621. The van der Waals surface area contributed by atoms with Crippen molar-refractivity contribution in [1.29, 1.82) is 0 Å². The second kappa shape index (κ2) is 6.20. The Balaban J connectivity index is 2.42. The predicted molar refractivity (Wildman–Crippen MR) is 76.3 cm³/mol. The second-order valence-corrected chi connectivity index (χ2v) is 6.02. The molecule has 0 atom stereocenters. The van der Waals surface area contributed by atoms with Crippen LogP contribution in [0.1, 0.15) is 58.1 Å². The molecule has 96 valence electrons. The van der Waals surface area contributed by atoms with Crippen molar-refractivity contribution in [3.05, 3.63) is 35.4 Å². The highest BCUT2D eigenvalue weighted by Crippen LogP contribution is 2.18. The standard InChI is InChI=1S/C16H27N/c1-6-16(4,5)12-17-11-14-7-9-15(10-8-14)13(2)3/h7-10,13,17H,6,11-12H2,1-5H3. The zero-order chi connectivity index (χ0) is 12.9. The van der Waals surface area contributed by atoms with Crippen LogP contribution in [0.4, 0.5) is 0 Å². The van der Waals surface area contributed by atoms with Gasteiger partial charge in [-0.25, -0.2) is 0 Å². The van der Waals surface area contributed by atoms with Gasteiger partial charge in [0, 0.05) is 13.1 Å². The minimum Gasteiger partial charge on any atom is -0.312 e. The summed E-state index contributed by atoms with van der Waals surface area (Å²) in [7, 11) is 0. The summed E-state index contributed by atoms with van der Waals surface area (Å²) in [5.41, 5.74) is 3.20. The topological polar surface area (TPSA) is 12.0 Å². The van der Waals surface area contributed by atoms with Gasteiger partial charge in [-0.2, -0.15) is 0 Å². The van der Waals surface area contributed by atoms with E-state index in [1.165, 1.54) is 17.5 Å². The Kier molecular flexibility index (Phi) is 5.20. The minimum atomic E-state index is 0.401. The van der Waals surface area contributed by atoms with Crippen molar-refractivity contribution in [3.8, 4) is 0 Å². The zero-order valence-corrected chi connectivity index (χ0v) is 12.0. The van der Waals surface area contributed by atoms with Crippen LogP contribution in [-0.4, -0.2) is 6.54 Å². The van der Waals surface area contributed by atoms with Gasteiger partial charge in [0.25, 0.3) is 0 Å². The Morgan fingerprint density at radius 1 is 1.12 bits per heavy atom. The van der Waals surface area contributed by atoms with Crippen LogP contribution in [0, 0.1) is 5.41 Å². The van der Waals surface area contributed by atoms with E-state index in [-0.39, 0.29) is 0 Å². The van der Waals surface area contributed by atoms with Crippen LogP contribution in [0.3, 0.4) is 0 Å². The molecule has 0 bridgehead atoms. The van der Waals surface area contributed by atoms with Crippen molar-refractivity contribution < 1.29 is 0 Å². The maximum absolute atomic E-state index is 3.54. The fraction of sp³-hybridized carbons (Fsp3) is 0.625. The molecule has 0 fully saturated rings. The fourth-order valence-electron chi connectivity index (χ4n) is 1.69. The van der Waals surface area contributed by atoms with Crippen molar-refractivity contribution in [1.82, 2.24) is 5.32 Å². The van der Waals surface area contributed by atoms with Crippen LogP contribution >= 0.6 is 0 Å². The third-order valence-corrected chi connectivity index (χ3v) is 3.54. The van der Waals surface area contributed by atoms with E-state index in [0.29, 0.717) is 11.3 Å². The third kappa shape index (κ3) is 4.91. The second-order valence-electron chi connectivity index (χ2n) is 6.02. The lowest BCUT2D eigenvalue weighted by atomic mass is 9.90. The molecule has 0 amide bonds. The van der Waals surface area contributed by atoms with Crippen molar-refractivity contribution in [3.63, 3.8) is 0 Å². The van der Waals surface area contributed by atoms with Crippen molar-refractivity contribution in [2.24, 2.45) is 5.41 Å². The molecule has 1 nitrogen and oxygen atoms in total. The van der Waals surface area contributed by atoms with Crippen molar-refractivity contribution in [2.45, 2.75) is 53.5 Å². The minimum absolute atomic E-state index is 0.401. The van der Waals surface area contributed by atoms with E-state index in [2.05, 4.69) is 64.2 Å². The van der Waals surface area contributed by atoms with E-state index >= 15 is 0 Å². The van der Waals surface area contributed by atoms with Crippen molar-refractivity contribution >= 4 is 0 Å². The lowest BCUT2D eigenvalue weighted by Gasteiger charge is -2.23. The molecule has 1 rings (SSSR count). The Bertz CT molecular complexity index is 322. The predicted octanol–water partition coefficient (Wildman–Crippen LogP) is 4.34. The molecule has 0 unspecified atom stereocenters. The molecule has 0 saturated carbocycles. The molecule has 0 radical (unpaired) electrons. The lowest BCUT2D eigenvalue weighted by Crippen LogP contribution is -2.28. The highest BCUT2D eigenvalue weighted by molar-refractivity contribution is 5.24. The Morgan fingerprint density at radius 3 is 2.18 bits per heavy atom. The third-order valence-electron chi connectivity index (χ3n) is 3.54. The molecule has 0 aliphatic carbocycles. The largest absolute Gasteiger partial charge is 0.312 e. The SMILES string of the molecule is CCC(C)(C)CNCc1ccc(C(C)C)cc1. The number of hydrogen-bond donors (Lipinski definition) is 1. The van der Waals surface area contributed by atoms with Gasteiger partial charge in [0.1, 0.15) is 0 Å². The van der Waals surface area contributed by atoms with Crippen LogP contribution in [0.15, 0.2) is 24.3 Å². The summed E-state index contributed by atoms with van der Waals surface area (Å²) in [6, 6.07) is 8.96. The first-order valence-electron chi connectivity index (χ1n) is 6.74. The van der Waals surface area contributed by atoms with Gasteiger partial charge < -0.3 is 5.32 Å². The molecule has 0 aliphatic heterocycles. The molecule has 17 heavy (non-hydrogen) atoms. The van der Waals surface area contributed by atoms with Crippen LogP contribution in [-0.2, 0) is 6.54 Å². The monoisotopic (exact) mass is 233 g/mol. The van der Waals surface area contributed by atoms with Gasteiger partial charge in [-0.05, 0) is 28.9 Å². The number of rotatable bonds is 6. The molecule has 0 spiro atoms. The molecule has 0 aliphatic rings. The fourth-order valence-corrected chi connectivity index (χ4v) is 1.69. The van der Waals surface area contributed by atoms with Gasteiger partial charge in [-0.15, -0.1) is 0 Å². The van der Waals surface area contributed by atoms with Gasteiger partial charge in [-0.3, -0.25) is 0 Å². The van der Waals surface area contributed by atoms with E-state index in [1.807, 2.05) is 0 Å². The Morgan fingerprint density at radius 2 is 1.71 bits per heavy atom. The summed E-state index contributed by atoms with van der Waals surface area (Å²) in [6.07, 6.45) is 1.21. The molecule has 0 aromatic heterocycles. The first-order valence-corrected chi connectivity index (χ1v) is 6.74. The highest BCUT2D eigenvalue weighted by Gasteiger charge is 2.13. The first kappa shape index (κ1) is 14.2. The summed E-state index contributed by atoms with van der Waals surface area (Å²) in [5, 5.41) is 3.54. The summed E-state index contributed by atoms with van der Waals surface area (Å²) < 4.78 is 0. The zero-order valence-electron chi connectivity index (χ0n) is 12.0. The van der Waals surface area contributed by atoms with Crippen LogP contribution < -0.4 is 5.32 Å². The van der Waals surface area contributed by atoms with Crippen molar-refractivity contribution in [2.75, 3.05) is 6.54 Å². The van der Waals surface area contributed by atoms with E-state index in [1.54, 1.807) is 0 Å². The van der Waals surface area contributed by atoms with Gasteiger partial charge in [-0.1, -0.05) is 58.9 Å². The molecule has 0 heterocycles. The van der Waals surface area contributed by atoms with E-state index < -0.39 is 0 Å². The van der Waals surface area contributed by atoms with Crippen LogP contribution in [0.2, 0.25) is 0 Å². The molecule has 1 heteroatoms. The average Bonchev–Trinajstić information content (AvgIpc) is 2.29. The van der Waals surface area contributed by atoms with Gasteiger partial charge in [0.2, 0.25) is 0 Å². The number of nitrogens with one attached hydrogen (secondary N) is 1. The van der Waals surface area contributed by atoms with Gasteiger partial charge in [0.05, 0.1) is 0 Å². The molecule has 1 aromatic rings. The maximum Gasteiger partial charge on any atom is 0.0205 e. The Labute approximate surface area is 107 Å². The van der Waals surface area contributed by atoms with E-state index in [9.17, 15) is 0 Å². The summed E-state index contributed by atoms with van der Waals surface area (Å²) in [4.78, 5) is 0. The van der Waals surface area contributed by atoms with Crippen LogP contribution in [0.25, 0.3) is 0 Å². The summed E-state index contributed by atoms with van der Waals surface area (Å²) >= 11 is 0. The number of hydrogen-bond acceptors (Lipinski definition) is 1. The smallest absolute Gasteiger partial charge is 0.0205 e. The molecule has 1 N–H and O–H groups in total. The molecular formula is C16H27N. The molecule has 0 saturated heterocycles. The highest BCUT2D eigenvalue weighted by atomic mass is 14.9. The quantitative estimate of drug-likeness (QED) is 0.771. The normalized spacial score (nSPS) is 12.1. The summed E-state index contributed by atoms with van der Waals surface area (Å²) in [6.45, 7) is 13.4. The Hall–Kier alpha value is -0.820. The first-order chi connectivity index (χ1) is 7.94. The van der Waals surface area contributed by atoms with E-state index in [0.717, 1.165) is 13.1 Å². The number of benzene rings is 1. The van der Waals surface area contributed by atoms with E-state index in [4.69, 9.17) is 0 Å². The molecule has 1 aromatic carbocycles. The average molecular weight is 233 g/mol.